The molecular formula is C22H28N2O2. The molecule has 2 aromatic rings. The van der Waals surface area contributed by atoms with Gasteiger partial charge < -0.3 is 15.4 Å². The molecule has 0 aromatic heterocycles. The summed E-state index contributed by atoms with van der Waals surface area (Å²) in [6, 6.07) is 15.9. The van der Waals surface area contributed by atoms with E-state index in [1.165, 1.54) is 11.1 Å². The molecule has 0 bridgehead atoms. The van der Waals surface area contributed by atoms with Gasteiger partial charge in [-0.05, 0) is 56.0 Å². The van der Waals surface area contributed by atoms with Crippen LogP contribution in [-0.2, 0) is 11.2 Å². The molecule has 1 fully saturated rings. The predicted octanol–water partition coefficient (Wildman–Crippen LogP) is 3.36. The summed E-state index contributed by atoms with van der Waals surface area (Å²) < 4.78 is 5.38. The number of Topliss-reactive ketones (excluding diaryl/α,β-unsaturated/α-hetero) is 1. The van der Waals surface area contributed by atoms with Gasteiger partial charge in [-0.3, -0.25) is 4.79 Å². The molecule has 0 saturated carbocycles. The van der Waals surface area contributed by atoms with Crippen LogP contribution in [0.5, 0.6) is 0 Å². The van der Waals surface area contributed by atoms with E-state index in [0.29, 0.717) is 12.0 Å². The molecule has 1 aliphatic rings. The molecule has 1 heterocycles. The molecule has 1 unspecified atom stereocenters. The van der Waals surface area contributed by atoms with Crippen molar-refractivity contribution < 1.29 is 9.53 Å². The molecule has 0 aliphatic carbocycles. The third-order valence-corrected chi connectivity index (χ3v) is 4.97. The van der Waals surface area contributed by atoms with Crippen molar-refractivity contribution in [2.24, 2.45) is 5.73 Å². The number of carbonyl (C=O) groups excluding carboxylic acids is 1. The minimum absolute atomic E-state index is 0.0300. The van der Waals surface area contributed by atoms with Gasteiger partial charge in [-0.1, -0.05) is 29.8 Å². The monoisotopic (exact) mass is 352 g/mol. The summed E-state index contributed by atoms with van der Waals surface area (Å²) in [7, 11) is 0. The summed E-state index contributed by atoms with van der Waals surface area (Å²) in [4.78, 5) is 14.8. The van der Waals surface area contributed by atoms with Crippen LogP contribution in [0.25, 0.3) is 0 Å². The first-order valence-corrected chi connectivity index (χ1v) is 9.41. The fourth-order valence-electron chi connectivity index (χ4n) is 3.28. The molecule has 26 heavy (non-hydrogen) atoms. The summed E-state index contributed by atoms with van der Waals surface area (Å²) in [6.45, 7) is 5.39. The van der Waals surface area contributed by atoms with Crippen molar-refractivity contribution >= 4 is 11.5 Å². The Bertz CT molecular complexity index is 704. The van der Waals surface area contributed by atoms with Crippen LogP contribution in [0.1, 0.15) is 34.3 Å². The number of nitrogens with two attached hydrogens (primary N) is 1. The molecule has 3 rings (SSSR count). The van der Waals surface area contributed by atoms with Gasteiger partial charge in [0.1, 0.15) is 0 Å². The van der Waals surface area contributed by atoms with Crippen LogP contribution < -0.4 is 10.6 Å². The summed E-state index contributed by atoms with van der Waals surface area (Å²) in [5.74, 6) is 0.0300. The van der Waals surface area contributed by atoms with E-state index in [9.17, 15) is 4.79 Å². The van der Waals surface area contributed by atoms with Crippen molar-refractivity contribution in [1.82, 2.24) is 0 Å². The number of ether oxygens (including phenoxy) is 1. The first-order chi connectivity index (χ1) is 12.6. The van der Waals surface area contributed by atoms with Crippen molar-refractivity contribution in [2.75, 3.05) is 31.2 Å². The van der Waals surface area contributed by atoms with E-state index >= 15 is 0 Å². The zero-order valence-electron chi connectivity index (χ0n) is 15.5. The number of anilines is 1. The average molecular weight is 352 g/mol. The number of hydrogen-bond acceptors (Lipinski definition) is 4. The molecular weight excluding hydrogens is 324 g/mol. The quantitative estimate of drug-likeness (QED) is 0.776. The lowest BCUT2D eigenvalue weighted by Crippen LogP contribution is -2.36. The second-order valence-electron chi connectivity index (χ2n) is 6.99. The highest BCUT2D eigenvalue weighted by Crippen LogP contribution is 2.18. The van der Waals surface area contributed by atoms with Gasteiger partial charge in [-0.15, -0.1) is 0 Å². The van der Waals surface area contributed by atoms with Gasteiger partial charge >= 0.3 is 0 Å². The maximum absolute atomic E-state index is 12.6. The smallest absolute Gasteiger partial charge is 0.179 e. The number of benzene rings is 2. The zero-order valence-corrected chi connectivity index (χ0v) is 15.5. The van der Waals surface area contributed by atoms with Crippen molar-refractivity contribution in [2.45, 2.75) is 32.2 Å². The maximum atomic E-state index is 12.6. The Hall–Kier alpha value is -2.17. The van der Waals surface area contributed by atoms with Gasteiger partial charge in [0.25, 0.3) is 0 Å². The van der Waals surface area contributed by atoms with Crippen LogP contribution in [0.4, 0.5) is 5.69 Å². The number of aryl methyl sites for hydroxylation is 2. The van der Waals surface area contributed by atoms with E-state index in [1.807, 2.05) is 24.3 Å². The second-order valence-corrected chi connectivity index (χ2v) is 6.99. The second kappa shape index (κ2) is 8.97. The fraction of sp³-hybridized carbons (Fsp3) is 0.409. The van der Waals surface area contributed by atoms with E-state index in [2.05, 4.69) is 36.1 Å². The molecule has 4 nitrogen and oxygen atoms in total. The van der Waals surface area contributed by atoms with Crippen molar-refractivity contribution in [3.8, 4) is 0 Å². The molecule has 1 atom stereocenters. The lowest BCUT2D eigenvalue weighted by molar-refractivity contribution is 0.0956. The largest absolute Gasteiger partial charge is 0.378 e. The standard InChI is InChI=1S/C22H28N2O2/c1-17-5-7-18(8-6-17)3-2-4-21(23)22(25)19-9-11-20(12-10-19)24-13-15-26-16-14-24/h5-12,21H,2-4,13-16,23H2,1H3. The molecule has 0 amide bonds. The molecule has 0 radical (unpaired) electrons. The molecule has 0 spiro atoms. The number of nitrogens with zero attached hydrogens (tertiary/aromatic N) is 1. The van der Waals surface area contributed by atoms with Crippen LogP contribution in [-0.4, -0.2) is 38.1 Å². The Morgan fingerprint density at radius 1 is 1.08 bits per heavy atom. The SMILES string of the molecule is Cc1ccc(CCCC(N)C(=O)c2ccc(N3CCOCC3)cc2)cc1. The minimum Gasteiger partial charge on any atom is -0.378 e. The first-order valence-electron chi connectivity index (χ1n) is 9.41. The number of carbonyl (C=O) groups is 1. The highest BCUT2D eigenvalue weighted by atomic mass is 16.5. The molecule has 1 aliphatic heterocycles. The van der Waals surface area contributed by atoms with Gasteiger partial charge in [0.15, 0.2) is 5.78 Å². The topological polar surface area (TPSA) is 55.6 Å². The van der Waals surface area contributed by atoms with Crippen LogP contribution in [0.2, 0.25) is 0 Å². The Balaban J connectivity index is 1.50. The number of hydrogen-bond donors (Lipinski definition) is 1. The Kier molecular flexibility index (Phi) is 6.42. The van der Waals surface area contributed by atoms with E-state index in [4.69, 9.17) is 10.5 Å². The first kappa shape index (κ1) is 18.6. The lowest BCUT2D eigenvalue weighted by atomic mass is 9.98. The molecule has 138 valence electrons. The van der Waals surface area contributed by atoms with Crippen LogP contribution in [0.15, 0.2) is 48.5 Å². The highest BCUT2D eigenvalue weighted by molar-refractivity contribution is 6.00. The third kappa shape index (κ3) is 4.93. The van der Waals surface area contributed by atoms with Crippen molar-refractivity contribution in [3.63, 3.8) is 0 Å². The Morgan fingerprint density at radius 2 is 1.73 bits per heavy atom. The average Bonchev–Trinajstić information content (AvgIpc) is 2.69. The van der Waals surface area contributed by atoms with E-state index < -0.39 is 6.04 Å². The molecule has 4 heteroatoms. The predicted molar refractivity (Wildman–Crippen MR) is 106 cm³/mol. The number of morpholine rings is 1. The normalized spacial score (nSPS) is 15.7. The van der Waals surface area contributed by atoms with Gasteiger partial charge in [0.2, 0.25) is 0 Å². The van der Waals surface area contributed by atoms with Gasteiger partial charge in [-0.25, -0.2) is 0 Å². The third-order valence-electron chi connectivity index (χ3n) is 4.97. The number of ketones is 1. The van der Waals surface area contributed by atoms with Crippen molar-refractivity contribution in [1.29, 1.82) is 0 Å². The van der Waals surface area contributed by atoms with Crippen LogP contribution in [0, 0.1) is 6.92 Å². The van der Waals surface area contributed by atoms with Gasteiger partial charge in [0, 0.05) is 24.3 Å². The van der Waals surface area contributed by atoms with E-state index in [-0.39, 0.29) is 5.78 Å². The highest BCUT2D eigenvalue weighted by Gasteiger charge is 2.17. The van der Waals surface area contributed by atoms with Crippen LogP contribution in [0.3, 0.4) is 0 Å². The van der Waals surface area contributed by atoms with Gasteiger partial charge in [0.05, 0.1) is 19.3 Å². The van der Waals surface area contributed by atoms with E-state index in [1.54, 1.807) is 0 Å². The van der Waals surface area contributed by atoms with Crippen molar-refractivity contribution in [3.05, 3.63) is 65.2 Å². The van der Waals surface area contributed by atoms with E-state index in [0.717, 1.165) is 44.8 Å². The molecule has 2 N–H and O–H groups in total. The Morgan fingerprint density at radius 3 is 2.38 bits per heavy atom. The maximum Gasteiger partial charge on any atom is 0.179 e. The fourth-order valence-corrected chi connectivity index (χ4v) is 3.28. The Labute approximate surface area is 156 Å². The summed E-state index contributed by atoms with van der Waals surface area (Å²) in [5.41, 5.74) is 10.5. The minimum atomic E-state index is -0.435. The number of rotatable bonds is 7. The van der Waals surface area contributed by atoms with Gasteiger partial charge in [-0.2, -0.15) is 0 Å². The zero-order chi connectivity index (χ0) is 18.4. The molecule has 1 saturated heterocycles. The van der Waals surface area contributed by atoms with Crippen LogP contribution >= 0.6 is 0 Å². The summed E-state index contributed by atoms with van der Waals surface area (Å²) >= 11 is 0. The summed E-state index contributed by atoms with van der Waals surface area (Å²) in [5, 5.41) is 0. The molecule has 2 aromatic carbocycles. The lowest BCUT2D eigenvalue weighted by Gasteiger charge is -2.28. The summed E-state index contributed by atoms with van der Waals surface area (Å²) in [6.07, 6.45) is 2.58.